The highest BCUT2D eigenvalue weighted by molar-refractivity contribution is 5.96. The molecule has 0 heterocycles. The zero-order valence-corrected chi connectivity index (χ0v) is 20.0. The zero-order chi connectivity index (χ0) is 26.2. The Bertz CT molecular complexity index is 1080. The Morgan fingerprint density at radius 1 is 1.06 bits per heavy atom. The predicted octanol–water partition coefficient (Wildman–Crippen LogP) is 5.18. The van der Waals surface area contributed by atoms with Crippen molar-refractivity contribution < 1.29 is 41.7 Å². The molecule has 2 aromatic rings. The number of nitrogens with one attached hydrogen (secondary N) is 1. The third-order valence-electron chi connectivity index (χ3n) is 5.65. The van der Waals surface area contributed by atoms with Crippen molar-refractivity contribution in [2.75, 3.05) is 13.7 Å². The van der Waals surface area contributed by atoms with Crippen LogP contribution in [0.2, 0.25) is 0 Å². The van der Waals surface area contributed by atoms with E-state index in [-0.39, 0.29) is 19.0 Å². The summed E-state index contributed by atoms with van der Waals surface area (Å²) in [6, 6.07) is 10.4. The van der Waals surface area contributed by atoms with E-state index in [1.807, 2.05) is 0 Å². The molecular formula is C26H28F3NO6. The van der Waals surface area contributed by atoms with E-state index in [1.54, 1.807) is 31.2 Å². The third kappa shape index (κ3) is 7.40. The van der Waals surface area contributed by atoms with Gasteiger partial charge in [0.1, 0.15) is 17.9 Å². The molecule has 3 rings (SSSR count). The van der Waals surface area contributed by atoms with Crippen LogP contribution in [0, 0.1) is 0 Å². The molecule has 36 heavy (non-hydrogen) atoms. The Labute approximate surface area is 207 Å². The molecule has 1 N–H and O–H groups in total. The molecule has 1 amide bonds. The fourth-order valence-corrected chi connectivity index (χ4v) is 3.93. The molecule has 0 unspecified atom stereocenters. The standard InChI is InChI=1S/C26H28F3NO6/c1-3-34-24(32)25(14-4-5-15-25)30-23(31)13-9-18-8-12-21(22(16-18)33-2)35-17-19-6-10-20(11-7-19)36-26(27,28)29/h6-13,16H,3-5,14-15,17H2,1-2H3,(H,30,31). The first-order valence-corrected chi connectivity index (χ1v) is 11.5. The van der Waals surface area contributed by atoms with Crippen LogP contribution >= 0.6 is 0 Å². The maximum absolute atomic E-state index is 12.5. The second kappa shape index (κ2) is 11.8. The first-order chi connectivity index (χ1) is 17.1. The summed E-state index contributed by atoms with van der Waals surface area (Å²) in [5.74, 6) is -0.294. The highest BCUT2D eigenvalue weighted by Crippen LogP contribution is 2.32. The van der Waals surface area contributed by atoms with Gasteiger partial charge in [0.05, 0.1) is 13.7 Å². The molecule has 0 aromatic heterocycles. The molecule has 2 aromatic carbocycles. The number of halogens is 3. The Morgan fingerprint density at radius 3 is 2.36 bits per heavy atom. The van der Waals surface area contributed by atoms with Gasteiger partial charge in [0.2, 0.25) is 5.91 Å². The molecule has 1 aliphatic rings. The number of carbonyl (C=O) groups is 2. The van der Waals surface area contributed by atoms with E-state index in [4.69, 9.17) is 14.2 Å². The largest absolute Gasteiger partial charge is 0.573 e. The number of ether oxygens (including phenoxy) is 4. The molecule has 7 nitrogen and oxygen atoms in total. The maximum Gasteiger partial charge on any atom is 0.573 e. The summed E-state index contributed by atoms with van der Waals surface area (Å²) in [5.41, 5.74) is 0.318. The van der Waals surface area contributed by atoms with Crippen molar-refractivity contribution in [3.8, 4) is 17.2 Å². The first-order valence-electron chi connectivity index (χ1n) is 11.5. The van der Waals surface area contributed by atoms with Gasteiger partial charge < -0.3 is 24.3 Å². The minimum atomic E-state index is -4.75. The van der Waals surface area contributed by atoms with Crippen molar-refractivity contribution in [3.05, 3.63) is 59.7 Å². The summed E-state index contributed by atoms with van der Waals surface area (Å²) in [4.78, 5) is 24.9. The van der Waals surface area contributed by atoms with Gasteiger partial charge in [0.15, 0.2) is 11.5 Å². The van der Waals surface area contributed by atoms with Crippen LogP contribution in [0.4, 0.5) is 13.2 Å². The smallest absolute Gasteiger partial charge is 0.493 e. The van der Waals surface area contributed by atoms with Gasteiger partial charge >= 0.3 is 12.3 Å². The fourth-order valence-electron chi connectivity index (χ4n) is 3.93. The first kappa shape index (κ1) is 26.9. The van der Waals surface area contributed by atoms with Gasteiger partial charge in [-0.15, -0.1) is 13.2 Å². The van der Waals surface area contributed by atoms with Crippen molar-refractivity contribution in [3.63, 3.8) is 0 Å². The fraction of sp³-hybridized carbons (Fsp3) is 0.385. The zero-order valence-electron chi connectivity index (χ0n) is 20.0. The molecular weight excluding hydrogens is 479 g/mol. The summed E-state index contributed by atoms with van der Waals surface area (Å²) < 4.78 is 57.0. The number of methoxy groups -OCH3 is 1. The number of benzene rings is 2. The van der Waals surface area contributed by atoms with E-state index < -0.39 is 23.8 Å². The average molecular weight is 508 g/mol. The van der Waals surface area contributed by atoms with Gasteiger partial charge in [-0.1, -0.05) is 31.0 Å². The van der Waals surface area contributed by atoms with Crippen LogP contribution in [0.15, 0.2) is 48.5 Å². The molecule has 1 fully saturated rings. The minimum absolute atomic E-state index is 0.0934. The van der Waals surface area contributed by atoms with Gasteiger partial charge in [0, 0.05) is 6.08 Å². The van der Waals surface area contributed by atoms with Crippen LogP contribution in [0.5, 0.6) is 17.2 Å². The molecule has 0 atom stereocenters. The van der Waals surface area contributed by atoms with Crippen molar-refractivity contribution >= 4 is 18.0 Å². The third-order valence-corrected chi connectivity index (χ3v) is 5.65. The van der Waals surface area contributed by atoms with Crippen LogP contribution in [0.25, 0.3) is 6.08 Å². The van der Waals surface area contributed by atoms with Crippen LogP contribution < -0.4 is 19.5 Å². The van der Waals surface area contributed by atoms with E-state index in [2.05, 4.69) is 10.1 Å². The number of esters is 1. The van der Waals surface area contributed by atoms with E-state index in [1.165, 1.54) is 37.5 Å². The van der Waals surface area contributed by atoms with Gasteiger partial charge in [-0.25, -0.2) is 4.79 Å². The second-order valence-electron chi connectivity index (χ2n) is 8.22. The molecule has 0 saturated heterocycles. The topological polar surface area (TPSA) is 83.1 Å². The lowest BCUT2D eigenvalue weighted by atomic mass is 9.97. The van der Waals surface area contributed by atoms with Crippen molar-refractivity contribution in [1.82, 2.24) is 5.32 Å². The molecule has 0 radical (unpaired) electrons. The lowest BCUT2D eigenvalue weighted by molar-refractivity contribution is -0.274. The quantitative estimate of drug-likeness (QED) is 0.353. The summed E-state index contributed by atoms with van der Waals surface area (Å²) in [7, 11) is 1.47. The van der Waals surface area contributed by atoms with E-state index in [9.17, 15) is 22.8 Å². The Balaban J connectivity index is 1.61. The Morgan fingerprint density at radius 2 is 1.75 bits per heavy atom. The number of hydrogen-bond acceptors (Lipinski definition) is 6. The van der Waals surface area contributed by atoms with Crippen LogP contribution in [0.3, 0.4) is 0 Å². The molecule has 0 spiro atoms. The number of hydrogen-bond donors (Lipinski definition) is 1. The Kier molecular flexibility index (Phi) is 8.84. The molecule has 10 heteroatoms. The number of alkyl halides is 3. The van der Waals surface area contributed by atoms with E-state index in [0.717, 1.165) is 12.8 Å². The minimum Gasteiger partial charge on any atom is -0.493 e. The van der Waals surface area contributed by atoms with Gasteiger partial charge in [-0.2, -0.15) is 0 Å². The van der Waals surface area contributed by atoms with Crippen molar-refractivity contribution in [1.29, 1.82) is 0 Å². The summed E-state index contributed by atoms with van der Waals surface area (Å²) in [6.45, 7) is 2.07. The van der Waals surface area contributed by atoms with E-state index >= 15 is 0 Å². The van der Waals surface area contributed by atoms with E-state index in [0.29, 0.717) is 35.5 Å². The van der Waals surface area contributed by atoms with Crippen molar-refractivity contribution in [2.45, 2.75) is 51.1 Å². The van der Waals surface area contributed by atoms with Crippen LogP contribution in [0.1, 0.15) is 43.7 Å². The maximum atomic E-state index is 12.5. The van der Waals surface area contributed by atoms with Gasteiger partial charge in [-0.05, 0) is 61.2 Å². The predicted molar refractivity (Wildman–Crippen MR) is 125 cm³/mol. The SMILES string of the molecule is CCOC(=O)C1(NC(=O)C=Cc2ccc(OCc3ccc(OC(F)(F)F)cc3)c(OC)c2)CCCC1. The lowest BCUT2D eigenvalue weighted by Gasteiger charge is -2.27. The number of amides is 1. The molecule has 0 bridgehead atoms. The average Bonchev–Trinajstić information content (AvgIpc) is 3.31. The van der Waals surface area contributed by atoms with Crippen molar-refractivity contribution in [2.24, 2.45) is 0 Å². The highest BCUT2D eigenvalue weighted by Gasteiger charge is 2.43. The summed E-state index contributed by atoms with van der Waals surface area (Å²) >= 11 is 0. The number of rotatable bonds is 10. The molecule has 1 aliphatic carbocycles. The second-order valence-corrected chi connectivity index (χ2v) is 8.22. The molecule has 0 aliphatic heterocycles. The molecule has 1 saturated carbocycles. The Hall–Kier alpha value is -3.69. The normalized spacial score (nSPS) is 14.9. The number of carbonyl (C=O) groups excluding carboxylic acids is 2. The summed E-state index contributed by atoms with van der Waals surface area (Å²) in [6.07, 6.45) is 0.960. The highest BCUT2D eigenvalue weighted by atomic mass is 19.4. The summed E-state index contributed by atoms with van der Waals surface area (Å²) in [5, 5.41) is 2.81. The van der Waals surface area contributed by atoms with Gasteiger partial charge in [-0.3, -0.25) is 4.79 Å². The van der Waals surface area contributed by atoms with Crippen LogP contribution in [-0.4, -0.2) is 37.5 Å². The monoisotopic (exact) mass is 507 g/mol. The lowest BCUT2D eigenvalue weighted by Crippen LogP contribution is -2.52. The van der Waals surface area contributed by atoms with Gasteiger partial charge in [0.25, 0.3) is 0 Å². The van der Waals surface area contributed by atoms with Crippen LogP contribution in [-0.2, 0) is 20.9 Å². The molecule has 194 valence electrons.